The van der Waals surface area contributed by atoms with E-state index in [0.717, 1.165) is 25.7 Å². The number of methoxy groups -OCH3 is 2. The summed E-state index contributed by atoms with van der Waals surface area (Å²) < 4.78 is 9.48. The van der Waals surface area contributed by atoms with Crippen molar-refractivity contribution in [1.82, 2.24) is 0 Å². The van der Waals surface area contributed by atoms with Crippen LogP contribution in [0, 0.1) is 35.5 Å². The molecule has 4 aliphatic rings. The molecule has 4 bridgehead atoms. The summed E-state index contributed by atoms with van der Waals surface area (Å²) in [4.78, 5) is 22.6. The Morgan fingerprint density at radius 2 is 1.00 bits per heavy atom. The number of fused-ring (bicyclic) bond motifs is 4. The number of hydrogen-bond acceptors (Lipinski definition) is 6. The van der Waals surface area contributed by atoms with Crippen LogP contribution >= 0.6 is 24.8 Å². The van der Waals surface area contributed by atoms with Crippen LogP contribution in [0.3, 0.4) is 0 Å². The van der Waals surface area contributed by atoms with Crippen LogP contribution in [0.5, 0.6) is 0 Å². The third-order valence-corrected chi connectivity index (χ3v) is 6.91. The minimum absolute atomic E-state index is 0. The molecule has 26 heavy (non-hydrogen) atoms. The van der Waals surface area contributed by atoms with Crippen molar-refractivity contribution in [1.29, 1.82) is 0 Å². The van der Waals surface area contributed by atoms with Crippen LogP contribution in [0.25, 0.3) is 0 Å². The van der Waals surface area contributed by atoms with E-state index in [-0.39, 0.29) is 60.7 Å². The molecule has 4 aliphatic carbocycles. The fourth-order valence-corrected chi connectivity index (χ4v) is 5.64. The minimum Gasteiger partial charge on any atom is -0.469 e. The van der Waals surface area contributed by atoms with Gasteiger partial charge in [0.15, 0.2) is 0 Å². The summed E-state index contributed by atoms with van der Waals surface area (Å²) in [5.41, 5.74) is 11.9. The molecule has 0 aliphatic heterocycles. The van der Waals surface area contributed by atoms with E-state index in [1.165, 1.54) is 27.1 Å². The van der Waals surface area contributed by atoms with Gasteiger partial charge in [0.05, 0.1) is 26.1 Å². The number of rotatable bonds is 2. The lowest BCUT2D eigenvalue weighted by molar-refractivity contribution is -0.148. The summed E-state index contributed by atoms with van der Waals surface area (Å²) in [6, 6.07) is 0.132. The highest BCUT2D eigenvalue weighted by atomic mass is 35.5. The highest BCUT2D eigenvalue weighted by Crippen LogP contribution is 2.48. The largest absolute Gasteiger partial charge is 0.469 e. The monoisotopic (exact) mass is 410 g/mol. The Bertz CT molecular complexity index is 460. The molecule has 6 nitrogen and oxygen atoms in total. The smallest absolute Gasteiger partial charge is 0.310 e. The summed E-state index contributed by atoms with van der Waals surface area (Å²) in [5, 5.41) is 0. The maximum atomic E-state index is 11.3. The van der Waals surface area contributed by atoms with Crippen molar-refractivity contribution in [3.63, 3.8) is 0 Å². The van der Waals surface area contributed by atoms with Crippen LogP contribution in [0.1, 0.15) is 38.5 Å². The summed E-state index contributed by atoms with van der Waals surface area (Å²) in [5.74, 6) is 1.97. The molecule has 0 aromatic rings. The van der Waals surface area contributed by atoms with Crippen molar-refractivity contribution in [3.05, 3.63) is 0 Å². The van der Waals surface area contributed by atoms with Gasteiger partial charge in [0.2, 0.25) is 0 Å². The van der Waals surface area contributed by atoms with Crippen molar-refractivity contribution in [3.8, 4) is 0 Å². The molecule has 0 radical (unpaired) electrons. The number of carbonyl (C=O) groups excluding carboxylic acids is 2. The van der Waals surface area contributed by atoms with Crippen molar-refractivity contribution >= 4 is 36.8 Å². The Balaban J connectivity index is 0.000000241. The number of carbonyl (C=O) groups is 2. The average Bonchev–Trinajstić information content (AvgIpc) is 3.34. The van der Waals surface area contributed by atoms with Gasteiger partial charge in [-0.2, -0.15) is 0 Å². The van der Waals surface area contributed by atoms with Gasteiger partial charge in [-0.15, -0.1) is 24.8 Å². The Hall–Kier alpha value is -0.560. The lowest BCUT2D eigenvalue weighted by atomic mass is 9.85. The Morgan fingerprint density at radius 3 is 1.23 bits per heavy atom. The number of ether oxygens (including phenoxy) is 2. The molecule has 4 fully saturated rings. The number of nitrogens with two attached hydrogens (primary N) is 2. The van der Waals surface area contributed by atoms with Gasteiger partial charge in [0.1, 0.15) is 0 Å². The first-order valence-corrected chi connectivity index (χ1v) is 9.14. The summed E-state index contributed by atoms with van der Waals surface area (Å²) in [6.45, 7) is 0. The lowest BCUT2D eigenvalue weighted by Crippen LogP contribution is -2.40. The Morgan fingerprint density at radius 1 is 0.692 bits per heavy atom. The van der Waals surface area contributed by atoms with Gasteiger partial charge in [-0.3, -0.25) is 9.59 Å². The van der Waals surface area contributed by atoms with E-state index >= 15 is 0 Å². The second-order valence-electron chi connectivity index (χ2n) is 7.92. The summed E-state index contributed by atoms with van der Waals surface area (Å²) in [6.07, 6.45) is 7.02. The normalized spacial score (nSPS) is 41.4. The Labute approximate surface area is 167 Å². The molecule has 0 heterocycles. The van der Waals surface area contributed by atoms with Gasteiger partial charge >= 0.3 is 11.9 Å². The number of hydrogen-bond donors (Lipinski definition) is 2. The minimum atomic E-state index is -0.102. The first kappa shape index (κ1) is 23.5. The van der Waals surface area contributed by atoms with Gasteiger partial charge in [-0.25, -0.2) is 0 Å². The molecule has 152 valence electrons. The van der Waals surface area contributed by atoms with Gasteiger partial charge in [-0.1, -0.05) is 0 Å². The van der Waals surface area contributed by atoms with Gasteiger partial charge in [-0.05, 0) is 62.2 Å². The van der Waals surface area contributed by atoms with Crippen LogP contribution in [0.15, 0.2) is 0 Å². The molecule has 8 atom stereocenters. The fraction of sp³-hybridized carbons (Fsp3) is 0.889. The van der Waals surface area contributed by atoms with Gasteiger partial charge < -0.3 is 20.9 Å². The highest BCUT2D eigenvalue weighted by Gasteiger charge is 2.50. The topological polar surface area (TPSA) is 105 Å². The molecular formula is C18H32Cl2N2O4. The average molecular weight is 411 g/mol. The van der Waals surface area contributed by atoms with Crippen molar-refractivity contribution in [2.75, 3.05) is 14.2 Å². The van der Waals surface area contributed by atoms with Crippen LogP contribution < -0.4 is 11.5 Å². The van der Waals surface area contributed by atoms with Gasteiger partial charge in [0.25, 0.3) is 0 Å². The zero-order valence-electron chi connectivity index (χ0n) is 15.5. The van der Waals surface area contributed by atoms with E-state index in [4.69, 9.17) is 20.9 Å². The fourth-order valence-electron chi connectivity index (χ4n) is 5.64. The van der Waals surface area contributed by atoms with E-state index in [0.29, 0.717) is 23.7 Å². The molecular weight excluding hydrogens is 379 g/mol. The van der Waals surface area contributed by atoms with E-state index in [1.807, 2.05) is 0 Å². The molecule has 0 saturated heterocycles. The SMILES string of the molecule is COC(=O)[C@@H]1[C@H]2CC[C@H](C2)[C@@H]1N.COC(=O)[C@H]1[C@@H]2CC[C@@H](C2)[C@H]1N.Cl.Cl. The molecule has 4 rings (SSSR count). The maximum Gasteiger partial charge on any atom is 0.310 e. The van der Waals surface area contributed by atoms with Crippen molar-refractivity contribution in [2.45, 2.75) is 50.6 Å². The summed E-state index contributed by atoms with van der Waals surface area (Å²) in [7, 11) is 2.89. The van der Waals surface area contributed by atoms with Crippen LogP contribution in [0.2, 0.25) is 0 Å². The number of esters is 2. The van der Waals surface area contributed by atoms with E-state index in [1.54, 1.807) is 0 Å². The molecule has 4 saturated carbocycles. The van der Waals surface area contributed by atoms with E-state index in [9.17, 15) is 9.59 Å². The van der Waals surface area contributed by atoms with Gasteiger partial charge in [0, 0.05) is 12.1 Å². The first-order valence-electron chi connectivity index (χ1n) is 9.14. The second kappa shape index (κ2) is 9.58. The maximum absolute atomic E-state index is 11.3. The molecule has 8 heteroatoms. The summed E-state index contributed by atoms with van der Waals surface area (Å²) >= 11 is 0. The third-order valence-electron chi connectivity index (χ3n) is 6.91. The highest BCUT2D eigenvalue weighted by molar-refractivity contribution is 5.85. The standard InChI is InChI=1S/2C9H15NO2.2ClH/c2*1-12-9(11)7-5-2-3-6(4-5)8(7)10;;/h2*5-8H,2-4,10H2,1H3;2*1H/t2*5-,6+,7+,8-;;/m10../s1. The van der Waals surface area contributed by atoms with Crippen LogP contribution in [-0.4, -0.2) is 38.2 Å². The third kappa shape index (κ3) is 4.13. The quantitative estimate of drug-likeness (QED) is 0.673. The van der Waals surface area contributed by atoms with Crippen LogP contribution in [0.4, 0.5) is 0 Å². The Kier molecular flexibility index (Phi) is 8.65. The van der Waals surface area contributed by atoms with Crippen molar-refractivity contribution < 1.29 is 19.1 Å². The molecule has 0 amide bonds. The molecule has 0 aromatic carbocycles. The van der Waals surface area contributed by atoms with Crippen molar-refractivity contribution in [2.24, 2.45) is 47.0 Å². The zero-order chi connectivity index (χ0) is 17.4. The molecule has 0 unspecified atom stereocenters. The van der Waals surface area contributed by atoms with E-state index in [2.05, 4.69) is 0 Å². The molecule has 4 N–H and O–H groups in total. The molecule has 0 aromatic heterocycles. The predicted molar refractivity (Wildman–Crippen MR) is 103 cm³/mol. The second-order valence-corrected chi connectivity index (χ2v) is 7.92. The first-order chi connectivity index (χ1) is 11.5. The lowest BCUT2D eigenvalue weighted by Gasteiger charge is -2.25. The van der Waals surface area contributed by atoms with E-state index < -0.39 is 0 Å². The number of halogens is 2. The molecule has 0 spiro atoms. The zero-order valence-corrected chi connectivity index (χ0v) is 17.1. The predicted octanol–water partition coefficient (Wildman–Crippen LogP) is 1.91. The van der Waals surface area contributed by atoms with Crippen LogP contribution in [-0.2, 0) is 19.1 Å².